The van der Waals surface area contributed by atoms with Gasteiger partial charge in [-0.1, -0.05) is 0 Å². The molecule has 1 aromatic rings. The van der Waals surface area contributed by atoms with Crippen molar-refractivity contribution >= 4 is 11.9 Å². The summed E-state index contributed by atoms with van der Waals surface area (Å²) in [6.07, 6.45) is 3.43. The normalized spacial score (nSPS) is 12.2. The third kappa shape index (κ3) is 5.93. The van der Waals surface area contributed by atoms with Crippen LogP contribution in [0, 0.1) is 10.8 Å². The summed E-state index contributed by atoms with van der Waals surface area (Å²) in [7, 11) is 0. The Labute approximate surface area is 154 Å². The summed E-state index contributed by atoms with van der Waals surface area (Å²) in [4.78, 5) is 22.4. The first-order valence-electron chi connectivity index (χ1n) is 8.87. The summed E-state index contributed by atoms with van der Waals surface area (Å²) in [6, 6.07) is 3.03. The lowest BCUT2D eigenvalue weighted by atomic mass is 9.84. The van der Waals surface area contributed by atoms with E-state index < -0.39 is 22.8 Å². The maximum atomic E-state index is 11.2. The van der Waals surface area contributed by atoms with Gasteiger partial charge in [-0.2, -0.15) is 0 Å². The standard InChI is InChI=1S/C20H30O6/c1-19(2,17(23)24)9-5-7-13-11-15(21)16(22)12-14(13)8-6-10-20(3,4)18(25)26/h11-12,21-22H,5-10H2,1-4H3,(H,23,24)(H,25,26). The third-order valence-corrected chi connectivity index (χ3v) is 4.95. The van der Waals surface area contributed by atoms with E-state index in [2.05, 4.69) is 0 Å². The number of rotatable bonds is 10. The molecule has 0 bridgehead atoms. The van der Waals surface area contributed by atoms with E-state index in [1.165, 1.54) is 12.1 Å². The Morgan fingerprint density at radius 1 is 0.769 bits per heavy atom. The van der Waals surface area contributed by atoms with Gasteiger partial charge in [-0.25, -0.2) is 0 Å². The molecule has 1 rings (SSSR count). The molecular formula is C20H30O6. The molecule has 1 aromatic carbocycles. The van der Waals surface area contributed by atoms with E-state index in [4.69, 9.17) is 0 Å². The number of carbonyl (C=O) groups is 2. The van der Waals surface area contributed by atoms with Crippen LogP contribution in [0.4, 0.5) is 0 Å². The number of aromatic hydroxyl groups is 2. The molecule has 6 nitrogen and oxygen atoms in total. The van der Waals surface area contributed by atoms with Crippen LogP contribution < -0.4 is 0 Å². The second kappa shape index (κ2) is 8.43. The van der Waals surface area contributed by atoms with Crippen molar-refractivity contribution in [2.24, 2.45) is 10.8 Å². The van der Waals surface area contributed by atoms with Gasteiger partial charge in [-0.05, 0) is 89.5 Å². The molecular weight excluding hydrogens is 336 g/mol. The number of hydrogen-bond donors (Lipinski definition) is 4. The van der Waals surface area contributed by atoms with Crippen molar-refractivity contribution in [3.05, 3.63) is 23.3 Å². The average molecular weight is 366 g/mol. The van der Waals surface area contributed by atoms with Crippen molar-refractivity contribution in [1.29, 1.82) is 0 Å². The van der Waals surface area contributed by atoms with E-state index in [0.29, 0.717) is 38.5 Å². The first-order valence-corrected chi connectivity index (χ1v) is 8.87. The molecule has 6 heteroatoms. The van der Waals surface area contributed by atoms with E-state index in [1.54, 1.807) is 27.7 Å². The van der Waals surface area contributed by atoms with E-state index in [9.17, 15) is 30.0 Å². The van der Waals surface area contributed by atoms with Crippen LogP contribution in [0.15, 0.2) is 12.1 Å². The predicted molar refractivity (Wildman–Crippen MR) is 98.5 cm³/mol. The Balaban J connectivity index is 2.80. The van der Waals surface area contributed by atoms with Gasteiger partial charge in [0.2, 0.25) is 0 Å². The van der Waals surface area contributed by atoms with Crippen molar-refractivity contribution in [3.8, 4) is 11.5 Å². The molecule has 0 atom stereocenters. The zero-order valence-corrected chi connectivity index (χ0v) is 16.0. The van der Waals surface area contributed by atoms with E-state index >= 15 is 0 Å². The number of phenolic OH excluding ortho intramolecular Hbond substituents is 2. The number of carboxylic acids is 2. The molecule has 0 radical (unpaired) electrons. The van der Waals surface area contributed by atoms with Gasteiger partial charge in [-0.3, -0.25) is 9.59 Å². The molecule has 0 aromatic heterocycles. The van der Waals surface area contributed by atoms with Gasteiger partial charge in [0.1, 0.15) is 0 Å². The quantitative estimate of drug-likeness (QED) is 0.466. The number of aliphatic carboxylic acids is 2. The summed E-state index contributed by atoms with van der Waals surface area (Å²) >= 11 is 0. The molecule has 0 amide bonds. The van der Waals surface area contributed by atoms with Gasteiger partial charge in [0.15, 0.2) is 11.5 Å². The number of hydrogen-bond acceptors (Lipinski definition) is 4. The van der Waals surface area contributed by atoms with Crippen LogP contribution in [0.2, 0.25) is 0 Å². The molecule has 4 N–H and O–H groups in total. The van der Waals surface area contributed by atoms with Crippen molar-refractivity contribution in [3.63, 3.8) is 0 Å². The van der Waals surface area contributed by atoms with Gasteiger partial charge in [0.25, 0.3) is 0 Å². The molecule has 0 saturated heterocycles. The summed E-state index contributed by atoms with van der Waals surface area (Å²) < 4.78 is 0. The maximum Gasteiger partial charge on any atom is 0.309 e. The Morgan fingerprint density at radius 2 is 1.08 bits per heavy atom. The highest BCUT2D eigenvalue weighted by Gasteiger charge is 2.27. The van der Waals surface area contributed by atoms with Crippen LogP contribution >= 0.6 is 0 Å². The van der Waals surface area contributed by atoms with Gasteiger partial charge < -0.3 is 20.4 Å². The molecule has 0 fully saturated rings. The predicted octanol–water partition coefficient (Wildman–Crippen LogP) is 3.96. The first-order chi connectivity index (χ1) is 11.9. The van der Waals surface area contributed by atoms with Crippen molar-refractivity contribution in [2.45, 2.75) is 66.2 Å². The highest BCUT2D eigenvalue weighted by atomic mass is 16.4. The fourth-order valence-corrected chi connectivity index (χ4v) is 2.78. The highest BCUT2D eigenvalue weighted by molar-refractivity contribution is 5.73. The smallest absolute Gasteiger partial charge is 0.309 e. The number of benzene rings is 1. The van der Waals surface area contributed by atoms with Crippen LogP contribution in [0.3, 0.4) is 0 Å². The van der Waals surface area contributed by atoms with E-state index in [0.717, 1.165) is 11.1 Å². The highest BCUT2D eigenvalue weighted by Crippen LogP contribution is 2.32. The molecule has 146 valence electrons. The monoisotopic (exact) mass is 366 g/mol. The van der Waals surface area contributed by atoms with Crippen LogP contribution in [0.25, 0.3) is 0 Å². The van der Waals surface area contributed by atoms with Crippen LogP contribution in [-0.2, 0) is 22.4 Å². The zero-order valence-electron chi connectivity index (χ0n) is 16.0. The Kier molecular flexibility index (Phi) is 7.07. The van der Waals surface area contributed by atoms with E-state index in [-0.39, 0.29) is 11.5 Å². The zero-order chi connectivity index (χ0) is 20.1. The summed E-state index contributed by atoms with van der Waals surface area (Å²) in [6.45, 7) is 6.72. The third-order valence-electron chi connectivity index (χ3n) is 4.95. The van der Waals surface area contributed by atoms with Crippen molar-refractivity contribution in [2.75, 3.05) is 0 Å². The van der Waals surface area contributed by atoms with Crippen molar-refractivity contribution < 1.29 is 30.0 Å². The minimum Gasteiger partial charge on any atom is -0.504 e. The average Bonchev–Trinajstić information content (AvgIpc) is 2.51. The van der Waals surface area contributed by atoms with Crippen LogP contribution in [0.5, 0.6) is 11.5 Å². The summed E-state index contributed by atoms with van der Waals surface area (Å²) in [5.74, 6) is -2.09. The Hall–Kier alpha value is -2.24. The van der Waals surface area contributed by atoms with Gasteiger partial charge in [0, 0.05) is 0 Å². The largest absolute Gasteiger partial charge is 0.504 e. The molecule has 0 spiro atoms. The second-order valence-electron chi connectivity index (χ2n) is 8.19. The maximum absolute atomic E-state index is 11.2. The minimum absolute atomic E-state index is 0.202. The lowest BCUT2D eigenvalue weighted by Gasteiger charge is -2.20. The van der Waals surface area contributed by atoms with Crippen LogP contribution in [0.1, 0.15) is 64.5 Å². The fourth-order valence-electron chi connectivity index (χ4n) is 2.78. The molecule has 0 aliphatic rings. The fraction of sp³-hybridized carbons (Fsp3) is 0.600. The van der Waals surface area contributed by atoms with Gasteiger partial charge >= 0.3 is 11.9 Å². The summed E-state index contributed by atoms with van der Waals surface area (Å²) in [5, 5.41) is 37.9. The SMILES string of the molecule is CC(C)(CCCc1cc(O)c(O)cc1CCCC(C)(C)C(=O)O)C(=O)O. The van der Waals surface area contributed by atoms with Gasteiger partial charge in [0.05, 0.1) is 10.8 Å². The molecule has 0 aliphatic carbocycles. The second-order valence-corrected chi connectivity index (χ2v) is 8.19. The lowest BCUT2D eigenvalue weighted by molar-refractivity contribution is -0.148. The van der Waals surface area contributed by atoms with Crippen LogP contribution in [-0.4, -0.2) is 32.4 Å². The topological polar surface area (TPSA) is 115 Å². The Bertz CT molecular complexity index is 604. The van der Waals surface area contributed by atoms with Crippen molar-refractivity contribution in [1.82, 2.24) is 0 Å². The number of phenols is 2. The molecule has 0 heterocycles. The molecule has 0 unspecified atom stereocenters. The van der Waals surface area contributed by atoms with Gasteiger partial charge in [-0.15, -0.1) is 0 Å². The molecule has 0 aliphatic heterocycles. The molecule has 0 saturated carbocycles. The van der Waals surface area contributed by atoms with E-state index in [1.807, 2.05) is 0 Å². The summed E-state index contributed by atoms with van der Waals surface area (Å²) in [5.41, 5.74) is 0.0826. The minimum atomic E-state index is -0.845. The lowest BCUT2D eigenvalue weighted by Crippen LogP contribution is -2.23. The molecule has 26 heavy (non-hydrogen) atoms. The first kappa shape index (κ1) is 21.8. The number of carboxylic acid groups (broad SMARTS) is 2. The Morgan fingerprint density at radius 3 is 1.35 bits per heavy atom. The number of aryl methyl sites for hydroxylation is 2.